The standard InChI is InChI=1S/C24H21N3O5S/c1-30-18-8-5-16(6-9-18)13-22-23(29)27(15-19-4-3-11-32-19)24(33-22)26-25-14-17-7-10-20(28)21(12-17)31-2/h3-14,28H,15H2,1-2H3/b22-13-,25-14+,26-24-. The van der Waals surface area contributed by atoms with Gasteiger partial charge in [0.2, 0.25) is 0 Å². The number of phenolic OH excluding ortho intramolecular Hbond substituents is 1. The number of carbonyl (C=O) groups is 1. The number of amidine groups is 1. The summed E-state index contributed by atoms with van der Waals surface area (Å²) < 4.78 is 15.7. The number of benzene rings is 2. The molecule has 9 heteroatoms. The zero-order chi connectivity index (χ0) is 23.2. The highest BCUT2D eigenvalue weighted by Gasteiger charge is 2.34. The van der Waals surface area contributed by atoms with Gasteiger partial charge in [-0.05, 0) is 71.4 Å². The van der Waals surface area contributed by atoms with Crippen LogP contribution in [0, 0.1) is 0 Å². The van der Waals surface area contributed by atoms with Gasteiger partial charge in [-0.1, -0.05) is 12.1 Å². The van der Waals surface area contributed by atoms with Crippen molar-refractivity contribution >= 4 is 35.1 Å². The number of methoxy groups -OCH3 is 2. The highest BCUT2D eigenvalue weighted by Crippen LogP contribution is 2.34. The van der Waals surface area contributed by atoms with Crippen molar-refractivity contribution < 1.29 is 23.8 Å². The van der Waals surface area contributed by atoms with Crippen molar-refractivity contribution in [2.24, 2.45) is 10.2 Å². The van der Waals surface area contributed by atoms with Crippen molar-refractivity contribution in [3.05, 3.63) is 82.7 Å². The summed E-state index contributed by atoms with van der Waals surface area (Å²) in [6.07, 6.45) is 4.89. The van der Waals surface area contributed by atoms with Gasteiger partial charge < -0.3 is 19.0 Å². The number of rotatable bonds is 7. The Morgan fingerprint density at radius 3 is 2.58 bits per heavy atom. The molecule has 0 radical (unpaired) electrons. The summed E-state index contributed by atoms with van der Waals surface area (Å²) in [7, 11) is 3.08. The molecule has 168 valence electrons. The Balaban J connectivity index is 1.60. The number of furan rings is 1. The van der Waals surface area contributed by atoms with E-state index in [0.717, 1.165) is 11.3 Å². The number of phenols is 1. The number of hydrogen-bond donors (Lipinski definition) is 1. The quantitative estimate of drug-likeness (QED) is 0.315. The van der Waals surface area contributed by atoms with Crippen LogP contribution in [0.4, 0.5) is 0 Å². The van der Waals surface area contributed by atoms with Crippen molar-refractivity contribution in [2.45, 2.75) is 6.54 Å². The molecule has 2 heterocycles. The highest BCUT2D eigenvalue weighted by molar-refractivity contribution is 8.18. The van der Waals surface area contributed by atoms with E-state index < -0.39 is 0 Å². The van der Waals surface area contributed by atoms with Crippen molar-refractivity contribution in [2.75, 3.05) is 14.2 Å². The number of hydrogen-bond acceptors (Lipinski definition) is 8. The summed E-state index contributed by atoms with van der Waals surface area (Å²) in [5.41, 5.74) is 1.56. The lowest BCUT2D eigenvalue weighted by atomic mass is 10.2. The molecule has 4 rings (SSSR count). The molecule has 1 aliphatic heterocycles. The second kappa shape index (κ2) is 10.1. The van der Waals surface area contributed by atoms with E-state index in [4.69, 9.17) is 13.9 Å². The van der Waals surface area contributed by atoms with Gasteiger partial charge in [-0.3, -0.25) is 9.69 Å². The number of carbonyl (C=O) groups excluding carboxylic acids is 1. The largest absolute Gasteiger partial charge is 0.504 e. The predicted molar refractivity (Wildman–Crippen MR) is 128 cm³/mol. The third-order valence-electron chi connectivity index (χ3n) is 4.75. The zero-order valence-corrected chi connectivity index (χ0v) is 18.8. The lowest BCUT2D eigenvalue weighted by Crippen LogP contribution is -2.28. The minimum atomic E-state index is -0.188. The smallest absolute Gasteiger partial charge is 0.267 e. The molecule has 0 spiro atoms. The minimum Gasteiger partial charge on any atom is -0.504 e. The van der Waals surface area contributed by atoms with E-state index in [1.807, 2.05) is 24.3 Å². The Hall–Kier alpha value is -3.98. The van der Waals surface area contributed by atoms with Crippen LogP contribution in [-0.2, 0) is 11.3 Å². The van der Waals surface area contributed by atoms with E-state index in [9.17, 15) is 9.90 Å². The SMILES string of the molecule is COc1ccc(/C=C2\S/C(=N\N=C\c3ccc(O)c(OC)c3)N(Cc3ccco3)C2=O)cc1. The van der Waals surface area contributed by atoms with E-state index in [2.05, 4.69) is 10.2 Å². The summed E-state index contributed by atoms with van der Waals surface area (Å²) in [5, 5.41) is 18.6. The molecular formula is C24H21N3O5S. The van der Waals surface area contributed by atoms with Crippen LogP contribution in [0.3, 0.4) is 0 Å². The molecule has 1 N–H and O–H groups in total. The van der Waals surface area contributed by atoms with Gasteiger partial charge in [0.1, 0.15) is 11.5 Å². The number of ether oxygens (including phenoxy) is 2. The molecule has 1 amide bonds. The molecule has 0 aliphatic carbocycles. The van der Waals surface area contributed by atoms with Gasteiger partial charge >= 0.3 is 0 Å². The van der Waals surface area contributed by atoms with E-state index >= 15 is 0 Å². The molecule has 1 aromatic heterocycles. The molecule has 3 aromatic rings. The molecule has 8 nitrogen and oxygen atoms in total. The lowest BCUT2D eigenvalue weighted by Gasteiger charge is -2.12. The van der Waals surface area contributed by atoms with Crippen molar-refractivity contribution in [1.29, 1.82) is 0 Å². The Morgan fingerprint density at radius 1 is 1.09 bits per heavy atom. The number of nitrogens with zero attached hydrogens (tertiary/aromatic N) is 3. The van der Waals surface area contributed by atoms with Crippen LogP contribution in [0.25, 0.3) is 6.08 Å². The van der Waals surface area contributed by atoms with Gasteiger partial charge in [0.05, 0.1) is 38.1 Å². The molecule has 0 atom stereocenters. The first-order chi connectivity index (χ1) is 16.1. The number of amides is 1. The minimum absolute atomic E-state index is 0.0378. The van der Waals surface area contributed by atoms with E-state index in [-0.39, 0.29) is 18.2 Å². The van der Waals surface area contributed by atoms with Crippen LogP contribution in [0.5, 0.6) is 17.2 Å². The fraction of sp³-hybridized carbons (Fsp3) is 0.125. The van der Waals surface area contributed by atoms with Crippen LogP contribution in [0.2, 0.25) is 0 Å². The van der Waals surface area contributed by atoms with Gasteiger partial charge in [0, 0.05) is 0 Å². The molecule has 1 saturated heterocycles. The molecule has 0 saturated carbocycles. The van der Waals surface area contributed by atoms with Crippen molar-refractivity contribution in [3.8, 4) is 17.2 Å². The predicted octanol–water partition coefficient (Wildman–Crippen LogP) is 4.51. The normalized spacial score (nSPS) is 16.3. The summed E-state index contributed by atoms with van der Waals surface area (Å²) in [6, 6.07) is 15.8. The van der Waals surface area contributed by atoms with Gasteiger partial charge in [-0.25, -0.2) is 0 Å². The van der Waals surface area contributed by atoms with E-state index in [1.54, 1.807) is 43.7 Å². The third-order valence-corrected chi connectivity index (χ3v) is 5.75. The van der Waals surface area contributed by atoms with Crippen LogP contribution in [0.15, 0.2) is 80.4 Å². The molecular weight excluding hydrogens is 442 g/mol. The van der Waals surface area contributed by atoms with Crippen molar-refractivity contribution in [1.82, 2.24) is 4.90 Å². The second-order valence-corrected chi connectivity index (χ2v) is 7.92. The second-order valence-electron chi connectivity index (χ2n) is 6.91. The number of thioether (sulfide) groups is 1. The topological polar surface area (TPSA) is 96.9 Å². The molecule has 1 fully saturated rings. The lowest BCUT2D eigenvalue weighted by molar-refractivity contribution is -0.122. The Kier molecular flexibility index (Phi) is 6.80. The van der Waals surface area contributed by atoms with Crippen LogP contribution in [0.1, 0.15) is 16.9 Å². The zero-order valence-electron chi connectivity index (χ0n) is 18.0. The maximum absolute atomic E-state index is 13.1. The summed E-state index contributed by atoms with van der Waals surface area (Å²) in [6.45, 7) is 0.236. The molecule has 0 bridgehead atoms. The summed E-state index contributed by atoms with van der Waals surface area (Å²) in [5.74, 6) is 1.56. The average molecular weight is 464 g/mol. The first-order valence-electron chi connectivity index (χ1n) is 9.93. The highest BCUT2D eigenvalue weighted by atomic mass is 32.2. The summed E-state index contributed by atoms with van der Waals surface area (Å²) >= 11 is 1.23. The Morgan fingerprint density at radius 2 is 1.88 bits per heavy atom. The Bertz CT molecular complexity index is 1220. The van der Waals surface area contributed by atoms with Crippen LogP contribution >= 0.6 is 11.8 Å². The maximum Gasteiger partial charge on any atom is 0.267 e. The van der Waals surface area contributed by atoms with Crippen LogP contribution < -0.4 is 9.47 Å². The van der Waals surface area contributed by atoms with Gasteiger partial charge in [-0.2, -0.15) is 5.10 Å². The first-order valence-corrected chi connectivity index (χ1v) is 10.7. The van der Waals surface area contributed by atoms with Gasteiger partial charge in [0.15, 0.2) is 16.7 Å². The van der Waals surface area contributed by atoms with E-state index in [0.29, 0.717) is 27.1 Å². The van der Waals surface area contributed by atoms with E-state index in [1.165, 1.54) is 36.1 Å². The third kappa shape index (κ3) is 5.27. The molecule has 33 heavy (non-hydrogen) atoms. The van der Waals surface area contributed by atoms with Crippen LogP contribution in [-0.4, -0.2) is 41.5 Å². The molecule has 2 aromatic carbocycles. The fourth-order valence-electron chi connectivity index (χ4n) is 3.05. The average Bonchev–Trinajstić information content (AvgIpc) is 3.45. The molecule has 0 unspecified atom stereocenters. The van der Waals surface area contributed by atoms with Gasteiger partial charge in [0.25, 0.3) is 5.91 Å². The Labute approximate surface area is 194 Å². The first kappa shape index (κ1) is 22.2. The fourth-order valence-corrected chi connectivity index (χ4v) is 3.99. The van der Waals surface area contributed by atoms with Crippen molar-refractivity contribution in [3.63, 3.8) is 0 Å². The number of aromatic hydroxyl groups is 1. The van der Waals surface area contributed by atoms with Gasteiger partial charge in [-0.15, -0.1) is 5.10 Å². The monoisotopic (exact) mass is 463 g/mol. The molecule has 1 aliphatic rings. The maximum atomic E-state index is 13.1. The summed E-state index contributed by atoms with van der Waals surface area (Å²) in [4.78, 5) is 15.2.